The first-order valence-corrected chi connectivity index (χ1v) is 5.50. The number of anilines is 1. The fourth-order valence-corrected chi connectivity index (χ4v) is 1.57. The average Bonchev–Trinajstić information content (AvgIpc) is 2.36. The first-order valence-electron chi connectivity index (χ1n) is 5.50. The van der Waals surface area contributed by atoms with Crippen molar-refractivity contribution < 1.29 is 18.0 Å². The van der Waals surface area contributed by atoms with E-state index in [1.54, 1.807) is 0 Å². The van der Waals surface area contributed by atoms with Crippen LogP contribution in [0.4, 0.5) is 18.9 Å². The van der Waals surface area contributed by atoms with E-state index in [1.165, 1.54) is 19.1 Å². The van der Waals surface area contributed by atoms with Crippen LogP contribution < -0.4 is 5.32 Å². The van der Waals surface area contributed by atoms with Crippen molar-refractivity contribution in [2.24, 2.45) is 0 Å². The van der Waals surface area contributed by atoms with Crippen molar-refractivity contribution in [2.75, 3.05) is 5.32 Å². The Balaban J connectivity index is 2.23. The van der Waals surface area contributed by atoms with Gasteiger partial charge in [-0.3, -0.25) is 4.79 Å². The minimum atomic E-state index is -0.868. The molecule has 1 amide bonds. The molecule has 0 aliphatic carbocycles. The summed E-state index contributed by atoms with van der Waals surface area (Å²) in [5.41, 5.74) is 0.378. The molecule has 19 heavy (non-hydrogen) atoms. The molecular formula is C14H10F3NO. The highest BCUT2D eigenvalue weighted by Crippen LogP contribution is 2.17. The molecule has 0 spiro atoms. The number of amides is 1. The van der Waals surface area contributed by atoms with Crippen molar-refractivity contribution in [1.29, 1.82) is 0 Å². The van der Waals surface area contributed by atoms with Crippen LogP contribution in [0.5, 0.6) is 0 Å². The monoisotopic (exact) mass is 265 g/mol. The third-order valence-electron chi connectivity index (χ3n) is 2.60. The average molecular weight is 265 g/mol. The van der Waals surface area contributed by atoms with Gasteiger partial charge in [-0.2, -0.15) is 0 Å². The Kier molecular flexibility index (Phi) is 3.55. The molecule has 98 valence electrons. The van der Waals surface area contributed by atoms with E-state index >= 15 is 0 Å². The lowest BCUT2D eigenvalue weighted by Crippen LogP contribution is -2.13. The fourth-order valence-electron chi connectivity index (χ4n) is 1.57. The number of halogens is 3. The van der Waals surface area contributed by atoms with Crippen molar-refractivity contribution in [1.82, 2.24) is 0 Å². The van der Waals surface area contributed by atoms with Gasteiger partial charge in [-0.15, -0.1) is 0 Å². The van der Waals surface area contributed by atoms with Crippen LogP contribution in [0.25, 0.3) is 0 Å². The lowest BCUT2D eigenvalue weighted by Gasteiger charge is -2.07. The van der Waals surface area contributed by atoms with E-state index in [-0.39, 0.29) is 11.3 Å². The third kappa shape index (κ3) is 2.93. The minimum absolute atomic E-state index is 0.131. The summed E-state index contributed by atoms with van der Waals surface area (Å²) in [6.45, 7) is 1.52. The van der Waals surface area contributed by atoms with Gasteiger partial charge in [0.25, 0.3) is 5.91 Å². The van der Waals surface area contributed by atoms with E-state index < -0.39 is 23.4 Å². The second-order valence-electron chi connectivity index (χ2n) is 4.04. The Morgan fingerprint density at radius 3 is 2.37 bits per heavy atom. The molecule has 0 aliphatic heterocycles. The summed E-state index contributed by atoms with van der Waals surface area (Å²) in [4.78, 5) is 11.8. The predicted molar refractivity (Wildman–Crippen MR) is 65.4 cm³/mol. The van der Waals surface area contributed by atoms with Crippen LogP contribution in [0.15, 0.2) is 36.4 Å². The Hall–Kier alpha value is -2.30. The number of hydrogen-bond acceptors (Lipinski definition) is 1. The normalized spacial score (nSPS) is 10.3. The molecule has 1 N–H and O–H groups in total. The number of hydrogen-bond donors (Lipinski definition) is 1. The van der Waals surface area contributed by atoms with Gasteiger partial charge in [0.2, 0.25) is 0 Å². The summed E-state index contributed by atoms with van der Waals surface area (Å²) in [5.74, 6) is -2.61. The molecule has 2 nitrogen and oxygen atoms in total. The number of benzene rings is 2. The first kappa shape index (κ1) is 13.1. The van der Waals surface area contributed by atoms with Gasteiger partial charge < -0.3 is 5.32 Å². The molecule has 0 heterocycles. The molecule has 0 unspecified atom stereocenters. The van der Waals surface area contributed by atoms with Gasteiger partial charge in [0, 0.05) is 11.6 Å². The zero-order valence-electron chi connectivity index (χ0n) is 10.0. The van der Waals surface area contributed by atoms with Crippen molar-refractivity contribution >= 4 is 11.6 Å². The topological polar surface area (TPSA) is 29.1 Å². The standard InChI is InChI=1S/C14H10F3NO/c1-8-6-9(2-4-11(8)16)14(19)18-13-5-3-10(15)7-12(13)17/h2-7H,1H3,(H,18,19). The number of carbonyl (C=O) groups is 1. The molecule has 0 aromatic heterocycles. The van der Waals surface area contributed by atoms with Gasteiger partial charge in [-0.25, -0.2) is 13.2 Å². The number of carbonyl (C=O) groups excluding carboxylic acids is 1. The summed E-state index contributed by atoms with van der Waals surface area (Å²) in [6.07, 6.45) is 0. The predicted octanol–water partition coefficient (Wildman–Crippen LogP) is 3.66. The summed E-state index contributed by atoms with van der Waals surface area (Å²) in [7, 11) is 0. The molecular weight excluding hydrogens is 255 g/mol. The third-order valence-corrected chi connectivity index (χ3v) is 2.60. The van der Waals surface area contributed by atoms with Gasteiger partial charge in [0.1, 0.15) is 17.5 Å². The molecule has 2 rings (SSSR count). The molecule has 2 aromatic carbocycles. The van der Waals surface area contributed by atoms with Gasteiger partial charge in [0.15, 0.2) is 0 Å². The van der Waals surface area contributed by atoms with Gasteiger partial charge >= 0.3 is 0 Å². The van der Waals surface area contributed by atoms with Crippen LogP contribution >= 0.6 is 0 Å². The Bertz CT molecular complexity index is 641. The fraction of sp³-hybridized carbons (Fsp3) is 0.0714. The number of nitrogens with one attached hydrogen (secondary N) is 1. The SMILES string of the molecule is Cc1cc(C(=O)Nc2ccc(F)cc2F)ccc1F. The van der Waals surface area contributed by atoms with Gasteiger partial charge in [-0.05, 0) is 42.8 Å². The number of rotatable bonds is 2. The zero-order valence-corrected chi connectivity index (χ0v) is 10.0. The quantitative estimate of drug-likeness (QED) is 0.882. The summed E-state index contributed by atoms with van der Waals surface area (Å²) >= 11 is 0. The first-order chi connectivity index (χ1) is 8.97. The van der Waals surface area contributed by atoms with E-state index in [0.717, 1.165) is 18.2 Å². The maximum atomic E-state index is 13.4. The lowest BCUT2D eigenvalue weighted by molar-refractivity contribution is 0.102. The minimum Gasteiger partial charge on any atom is -0.319 e. The van der Waals surface area contributed by atoms with Crippen LogP contribution in [-0.4, -0.2) is 5.91 Å². The molecule has 0 bridgehead atoms. The Labute approximate surface area is 107 Å². The zero-order chi connectivity index (χ0) is 14.0. The molecule has 0 saturated carbocycles. The summed E-state index contributed by atoms with van der Waals surface area (Å²) in [6, 6.07) is 6.63. The molecule has 0 saturated heterocycles. The molecule has 0 aliphatic rings. The highest BCUT2D eigenvalue weighted by Gasteiger charge is 2.11. The van der Waals surface area contributed by atoms with Crippen LogP contribution in [0.1, 0.15) is 15.9 Å². The van der Waals surface area contributed by atoms with Crippen LogP contribution in [0.2, 0.25) is 0 Å². The Morgan fingerprint density at radius 1 is 1.00 bits per heavy atom. The molecule has 0 fully saturated rings. The van der Waals surface area contributed by atoms with Crippen molar-refractivity contribution in [3.8, 4) is 0 Å². The van der Waals surface area contributed by atoms with Crippen molar-refractivity contribution in [3.05, 3.63) is 65.0 Å². The van der Waals surface area contributed by atoms with Crippen molar-refractivity contribution in [3.63, 3.8) is 0 Å². The van der Waals surface area contributed by atoms with Gasteiger partial charge in [-0.1, -0.05) is 0 Å². The second kappa shape index (κ2) is 5.14. The van der Waals surface area contributed by atoms with Crippen LogP contribution in [0, 0.1) is 24.4 Å². The van der Waals surface area contributed by atoms with E-state index in [4.69, 9.17) is 0 Å². The molecule has 5 heteroatoms. The largest absolute Gasteiger partial charge is 0.319 e. The number of aryl methyl sites for hydroxylation is 1. The van der Waals surface area contributed by atoms with Crippen LogP contribution in [-0.2, 0) is 0 Å². The van der Waals surface area contributed by atoms with Crippen molar-refractivity contribution in [2.45, 2.75) is 6.92 Å². The van der Waals surface area contributed by atoms with Crippen LogP contribution in [0.3, 0.4) is 0 Å². The molecule has 2 aromatic rings. The van der Waals surface area contributed by atoms with E-state index in [0.29, 0.717) is 11.6 Å². The van der Waals surface area contributed by atoms with Gasteiger partial charge in [0.05, 0.1) is 5.69 Å². The summed E-state index contributed by atoms with van der Waals surface area (Å²) in [5, 5.41) is 2.30. The maximum absolute atomic E-state index is 13.4. The molecule has 0 radical (unpaired) electrons. The highest BCUT2D eigenvalue weighted by molar-refractivity contribution is 6.04. The second-order valence-corrected chi connectivity index (χ2v) is 4.04. The van der Waals surface area contributed by atoms with E-state index in [9.17, 15) is 18.0 Å². The summed E-state index contributed by atoms with van der Waals surface area (Å²) < 4.78 is 39.1. The highest BCUT2D eigenvalue weighted by atomic mass is 19.1. The lowest BCUT2D eigenvalue weighted by atomic mass is 10.1. The Morgan fingerprint density at radius 2 is 1.74 bits per heavy atom. The van der Waals surface area contributed by atoms with E-state index in [2.05, 4.69) is 5.32 Å². The smallest absolute Gasteiger partial charge is 0.255 e. The maximum Gasteiger partial charge on any atom is 0.255 e. The van der Waals surface area contributed by atoms with E-state index in [1.807, 2.05) is 0 Å². The molecule has 0 atom stereocenters.